The smallest absolute Gasteiger partial charge is 0.316 e. The van der Waals surface area contributed by atoms with Gasteiger partial charge in [0.1, 0.15) is 17.6 Å². The Morgan fingerprint density at radius 3 is 2.94 bits per heavy atom. The molecule has 5 heteroatoms. The van der Waals surface area contributed by atoms with Gasteiger partial charge in [0.05, 0.1) is 6.61 Å². The molecule has 0 radical (unpaired) electrons. The van der Waals surface area contributed by atoms with Crippen LogP contribution in [0.4, 0.5) is 0 Å². The molecule has 17 heavy (non-hydrogen) atoms. The van der Waals surface area contributed by atoms with Crippen LogP contribution >= 0.6 is 0 Å². The van der Waals surface area contributed by atoms with Crippen molar-refractivity contribution >= 4 is 5.97 Å². The van der Waals surface area contributed by atoms with Crippen LogP contribution in [0.2, 0.25) is 0 Å². The van der Waals surface area contributed by atoms with Crippen molar-refractivity contribution < 1.29 is 9.53 Å². The summed E-state index contributed by atoms with van der Waals surface area (Å²) < 4.78 is 7.18. The van der Waals surface area contributed by atoms with E-state index in [1.54, 1.807) is 0 Å². The molecule has 0 saturated heterocycles. The van der Waals surface area contributed by atoms with E-state index in [9.17, 15) is 4.79 Å². The van der Waals surface area contributed by atoms with Crippen molar-refractivity contribution in [1.29, 1.82) is 0 Å². The number of esters is 1. The zero-order valence-electron chi connectivity index (χ0n) is 10.5. The number of fused-ring (bicyclic) bond motifs is 1. The summed E-state index contributed by atoms with van der Waals surface area (Å²) in [6.45, 7) is 5.14. The van der Waals surface area contributed by atoms with Gasteiger partial charge >= 0.3 is 5.97 Å². The van der Waals surface area contributed by atoms with Gasteiger partial charge in [0.2, 0.25) is 0 Å². The fraction of sp³-hybridized carbons (Fsp3) is 0.750. The van der Waals surface area contributed by atoms with E-state index >= 15 is 0 Å². The van der Waals surface area contributed by atoms with Gasteiger partial charge < -0.3 is 9.30 Å². The Bertz CT molecular complexity index is 400. The first-order valence-corrected chi connectivity index (χ1v) is 6.36. The number of aryl methyl sites for hydroxylation is 1. The van der Waals surface area contributed by atoms with Crippen molar-refractivity contribution in [3.05, 3.63) is 11.6 Å². The van der Waals surface area contributed by atoms with E-state index in [1.165, 1.54) is 0 Å². The molecule has 0 N–H and O–H groups in total. The SMILES string of the molecule is CCOC(=O)C(CC)c1nnc2n1CCCC2. The maximum atomic E-state index is 11.9. The summed E-state index contributed by atoms with van der Waals surface area (Å²) in [5, 5.41) is 8.36. The number of carbonyl (C=O) groups is 1. The lowest BCUT2D eigenvalue weighted by Gasteiger charge is -2.18. The molecule has 0 aromatic carbocycles. The molecule has 0 amide bonds. The van der Waals surface area contributed by atoms with E-state index in [0.29, 0.717) is 13.0 Å². The Kier molecular flexibility index (Phi) is 3.76. The molecule has 2 rings (SSSR count). The highest BCUT2D eigenvalue weighted by Crippen LogP contribution is 2.23. The number of rotatable bonds is 4. The number of carbonyl (C=O) groups excluding carboxylic acids is 1. The molecule has 1 atom stereocenters. The van der Waals surface area contributed by atoms with Crippen molar-refractivity contribution in [3.8, 4) is 0 Å². The van der Waals surface area contributed by atoms with Crippen LogP contribution in [-0.4, -0.2) is 27.3 Å². The van der Waals surface area contributed by atoms with Crippen molar-refractivity contribution in [2.24, 2.45) is 0 Å². The third-order valence-electron chi connectivity index (χ3n) is 3.18. The third-order valence-corrected chi connectivity index (χ3v) is 3.18. The van der Waals surface area contributed by atoms with Gasteiger partial charge in [-0.05, 0) is 26.2 Å². The van der Waals surface area contributed by atoms with E-state index in [1.807, 2.05) is 13.8 Å². The first-order chi connectivity index (χ1) is 8.27. The number of hydrogen-bond acceptors (Lipinski definition) is 4. The lowest BCUT2D eigenvalue weighted by molar-refractivity contribution is -0.145. The highest BCUT2D eigenvalue weighted by Gasteiger charge is 2.28. The molecular formula is C12H19N3O2. The average Bonchev–Trinajstić information content (AvgIpc) is 2.75. The van der Waals surface area contributed by atoms with Crippen LogP contribution in [0.1, 0.15) is 50.7 Å². The van der Waals surface area contributed by atoms with Crippen molar-refractivity contribution in [3.63, 3.8) is 0 Å². The number of nitrogens with zero attached hydrogens (tertiary/aromatic N) is 3. The first kappa shape index (κ1) is 12.1. The molecule has 1 unspecified atom stereocenters. The Hall–Kier alpha value is -1.39. The highest BCUT2D eigenvalue weighted by atomic mass is 16.5. The third kappa shape index (κ3) is 2.33. The fourth-order valence-electron chi connectivity index (χ4n) is 2.29. The van der Waals surface area contributed by atoms with Gasteiger partial charge in [-0.15, -0.1) is 10.2 Å². The van der Waals surface area contributed by atoms with Crippen molar-refractivity contribution in [1.82, 2.24) is 14.8 Å². The van der Waals surface area contributed by atoms with E-state index in [-0.39, 0.29) is 11.9 Å². The standard InChI is InChI=1S/C12H19N3O2/c1-3-9(12(16)17-4-2)11-14-13-10-7-5-6-8-15(10)11/h9H,3-8H2,1-2H3. The summed E-state index contributed by atoms with van der Waals surface area (Å²) in [4.78, 5) is 11.9. The lowest BCUT2D eigenvalue weighted by atomic mass is 10.1. The zero-order valence-corrected chi connectivity index (χ0v) is 10.5. The predicted octanol–water partition coefficient (Wildman–Crippen LogP) is 1.67. The Labute approximate surface area is 101 Å². The van der Waals surface area contributed by atoms with E-state index in [0.717, 1.165) is 37.5 Å². The molecule has 0 saturated carbocycles. The van der Waals surface area contributed by atoms with E-state index in [2.05, 4.69) is 14.8 Å². The predicted molar refractivity (Wildman–Crippen MR) is 62.6 cm³/mol. The Morgan fingerprint density at radius 2 is 2.24 bits per heavy atom. The summed E-state index contributed by atoms with van der Waals surface area (Å²) in [5.41, 5.74) is 0. The maximum Gasteiger partial charge on any atom is 0.316 e. The van der Waals surface area contributed by atoms with Crippen LogP contribution in [-0.2, 0) is 22.5 Å². The van der Waals surface area contributed by atoms with Crippen LogP contribution in [0.3, 0.4) is 0 Å². The molecule has 1 aliphatic heterocycles. The molecule has 0 spiro atoms. The van der Waals surface area contributed by atoms with Gasteiger partial charge in [-0.2, -0.15) is 0 Å². The maximum absolute atomic E-state index is 11.9. The van der Waals surface area contributed by atoms with Gasteiger partial charge in [0.15, 0.2) is 0 Å². The summed E-state index contributed by atoms with van der Waals surface area (Å²) >= 11 is 0. The molecule has 0 fully saturated rings. The molecule has 2 heterocycles. The van der Waals surface area contributed by atoms with E-state index in [4.69, 9.17) is 4.74 Å². The first-order valence-electron chi connectivity index (χ1n) is 6.36. The number of hydrogen-bond donors (Lipinski definition) is 0. The molecule has 0 aliphatic carbocycles. The minimum atomic E-state index is -0.269. The zero-order chi connectivity index (χ0) is 12.3. The highest BCUT2D eigenvalue weighted by molar-refractivity contribution is 5.77. The van der Waals surface area contributed by atoms with Crippen LogP contribution < -0.4 is 0 Å². The molecule has 5 nitrogen and oxygen atoms in total. The summed E-state index contributed by atoms with van der Waals surface area (Å²) in [6.07, 6.45) is 3.97. The minimum Gasteiger partial charge on any atom is -0.465 e. The van der Waals surface area contributed by atoms with Crippen molar-refractivity contribution in [2.45, 2.75) is 52.0 Å². The minimum absolute atomic E-state index is 0.184. The second kappa shape index (κ2) is 5.29. The molecule has 94 valence electrons. The van der Waals surface area contributed by atoms with Crippen LogP contribution in [0.15, 0.2) is 0 Å². The lowest BCUT2D eigenvalue weighted by Crippen LogP contribution is -2.21. The van der Waals surface area contributed by atoms with Crippen LogP contribution in [0.25, 0.3) is 0 Å². The molecule has 1 aromatic rings. The number of aromatic nitrogens is 3. The summed E-state index contributed by atoms with van der Waals surface area (Å²) in [5.74, 6) is 1.33. The van der Waals surface area contributed by atoms with Crippen LogP contribution in [0.5, 0.6) is 0 Å². The summed E-state index contributed by atoms with van der Waals surface area (Å²) in [7, 11) is 0. The normalized spacial score (nSPS) is 16.4. The van der Waals surface area contributed by atoms with Gasteiger partial charge in [-0.25, -0.2) is 0 Å². The van der Waals surface area contributed by atoms with Crippen LogP contribution in [0, 0.1) is 0 Å². The monoisotopic (exact) mass is 237 g/mol. The van der Waals surface area contributed by atoms with E-state index < -0.39 is 0 Å². The molecule has 1 aromatic heterocycles. The largest absolute Gasteiger partial charge is 0.465 e. The molecule has 1 aliphatic rings. The second-order valence-electron chi connectivity index (χ2n) is 4.30. The molecular weight excluding hydrogens is 218 g/mol. The van der Waals surface area contributed by atoms with Gasteiger partial charge in [-0.1, -0.05) is 6.92 Å². The Morgan fingerprint density at radius 1 is 1.41 bits per heavy atom. The topological polar surface area (TPSA) is 57.0 Å². The average molecular weight is 237 g/mol. The van der Waals surface area contributed by atoms with Gasteiger partial charge in [-0.3, -0.25) is 4.79 Å². The van der Waals surface area contributed by atoms with Gasteiger partial charge in [0, 0.05) is 13.0 Å². The quantitative estimate of drug-likeness (QED) is 0.747. The molecule has 0 bridgehead atoms. The van der Waals surface area contributed by atoms with Crippen molar-refractivity contribution in [2.75, 3.05) is 6.61 Å². The second-order valence-corrected chi connectivity index (χ2v) is 4.30. The summed E-state index contributed by atoms with van der Waals surface area (Å²) in [6, 6.07) is 0. The number of ether oxygens (including phenoxy) is 1. The Balaban J connectivity index is 2.24. The fourth-order valence-corrected chi connectivity index (χ4v) is 2.29. The van der Waals surface area contributed by atoms with Gasteiger partial charge in [0.25, 0.3) is 0 Å².